The average molecular weight is 709 g/mol. The highest BCUT2D eigenvalue weighted by atomic mass is 15.2. The van der Waals surface area contributed by atoms with E-state index in [1.807, 2.05) is 24.5 Å². The normalized spacial score (nSPS) is 11.2. The average Bonchev–Trinajstić information content (AvgIpc) is 3.58. The highest BCUT2D eigenvalue weighted by molar-refractivity contribution is 6.07. The summed E-state index contributed by atoms with van der Waals surface area (Å²) in [4.78, 5) is 12.3. The van der Waals surface area contributed by atoms with Crippen LogP contribution in [-0.4, -0.2) is 14.5 Å². The summed E-state index contributed by atoms with van der Waals surface area (Å²) in [5.74, 6) is 0.868. The first kappa shape index (κ1) is 33.8. The van der Waals surface area contributed by atoms with Crippen molar-refractivity contribution in [2.75, 3.05) is 4.90 Å². The van der Waals surface area contributed by atoms with Crippen LogP contribution in [0.5, 0.6) is 0 Å². The van der Waals surface area contributed by atoms with Gasteiger partial charge in [-0.25, -0.2) is 4.98 Å². The van der Waals surface area contributed by atoms with Gasteiger partial charge in [0.25, 0.3) is 0 Å². The van der Waals surface area contributed by atoms with E-state index in [2.05, 4.69) is 194 Å². The van der Waals surface area contributed by atoms with Gasteiger partial charge >= 0.3 is 0 Å². The zero-order chi connectivity index (χ0) is 37.3. The SMILES string of the molecule is Cc1cc(C)c(N(c2cccc(-c3ccc(-c4ccccc4)cn3)c2)c2ccc3c(-c4ccccc4)c(-c4ccccc4)n(-c4ccccn4)c3c2)c(C)c1. The lowest BCUT2D eigenvalue weighted by molar-refractivity contribution is 1.05. The molecule has 0 aliphatic heterocycles. The lowest BCUT2D eigenvalue weighted by Gasteiger charge is -2.29. The smallest absolute Gasteiger partial charge is 0.137 e. The molecule has 0 spiro atoms. The molecule has 0 bridgehead atoms. The Bertz CT molecular complexity index is 2730. The standard InChI is InChI=1S/C51H40N4/c1-35-30-36(2)50(37(3)31-35)54(43-23-15-22-41(32-43)46-28-25-42(34-53-46)38-16-7-4-8-17-38)44-26-27-45-47(33-44)55(48-24-13-14-29-52-48)51(40-20-11-6-12-21-40)49(45)39-18-9-5-10-19-39/h4-34H,1-3H3. The minimum absolute atomic E-state index is 0.868. The summed E-state index contributed by atoms with van der Waals surface area (Å²) in [6, 6.07) is 62.4. The summed E-state index contributed by atoms with van der Waals surface area (Å²) in [5, 5.41) is 1.16. The van der Waals surface area contributed by atoms with E-state index in [-0.39, 0.29) is 0 Å². The molecule has 0 aliphatic rings. The lowest BCUT2D eigenvalue weighted by atomic mass is 9.98. The summed E-state index contributed by atoms with van der Waals surface area (Å²) in [6.07, 6.45) is 3.84. The van der Waals surface area contributed by atoms with E-state index in [0.717, 1.165) is 73.0 Å². The number of fused-ring (bicyclic) bond motifs is 1. The Kier molecular flexibility index (Phi) is 8.85. The second-order valence-corrected chi connectivity index (χ2v) is 14.1. The van der Waals surface area contributed by atoms with Gasteiger partial charge in [0.2, 0.25) is 0 Å². The maximum absolute atomic E-state index is 4.95. The van der Waals surface area contributed by atoms with E-state index in [1.54, 1.807) is 0 Å². The van der Waals surface area contributed by atoms with Crippen LogP contribution >= 0.6 is 0 Å². The summed E-state index contributed by atoms with van der Waals surface area (Å²) in [6.45, 7) is 6.60. The van der Waals surface area contributed by atoms with E-state index < -0.39 is 0 Å². The zero-order valence-corrected chi connectivity index (χ0v) is 31.2. The molecule has 9 aromatic rings. The molecular formula is C51H40N4. The summed E-state index contributed by atoms with van der Waals surface area (Å²) in [7, 11) is 0. The van der Waals surface area contributed by atoms with Gasteiger partial charge in [-0.3, -0.25) is 9.55 Å². The number of hydrogen-bond donors (Lipinski definition) is 0. The van der Waals surface area contributed by atoms with E-state index >= 15 is 0 Å². The van der Waals surface area contributed by atoms with Crippen molar-refractivity contribution < 1.29 is 0 Å². The zero-order valence-electron chi connectivity index (χ0n) is 31.2. The number of hydrogen-bond acceptors (Lipinski definition) is 3. The number of rotatable bonds is 8. The largest absolute Gasteiger partial charge is 0.310 e. The predicted molar refractivity (Wildman–Crippen MR) is 230 cm³/mol. The molecule has 4 nitrogen and oxygen atoms in total. The van der Waals surface area contributed by atoms with Gasteiger partial charge in [-0.05, 0) is 91.1 Å². The van der Waals surface area contributed by atoms with Crippen molar-refractivity contribution in [2.24, 2.45) is 0 Å². The Morgan fingerprint density at radius 3 is 1.76 bits per heavy atom. The van der Waals surface area contributed by atoms with Gasteiger partial charge in [0, 0.05) is 45.8 Å². The molecule has 9 rings (SSSR count). The topological polar surface area (TPSA) is 34.0 Å². The molecule has 4 heteroatoms. The molecular weight excluding hydrogens is 669 g/mol. The molecule has 0 saturated heterocycles. The fraction of sp³-hybridized carbons (Fsp3) is 0.0588. The second kappa shape index (κ2) is 14.4. The molecule has 0 aliphatic carbocycles. The molecule has 0 amide bonds. The molecule has 3 heterocycles. The molecule has 0 saturated carbocycles. The highest BCUT2D eigenvalue weighted by Gasteiger charge is 2.25. The quantitative estimate of drug-likeness (QED) is 0.158. The Labute approximate surface area is 322 Å². The minimum Gasteiger partial charge on any atom is -0.310 e. The number of benzene rings is 6. The van der Waals surface area contributed by atoms with E-state index in [4.69, 9.17) is 9.97 Å². The van der Waals surface area contributed by atoms with Gasteiger partial charge in [0.1, 0.15) is 5.82 Å². The molecule has 0 fully saturated rings. The van der Waals surface area contributed by atoms with Crippen LogP contribution in [0.2, 0.25) is 0 Å². The Morgan fingerprint density at radius 1 is 0.473 bits per heavy atom. The number of anilines is 3. The van der Waals surface area contributed by atoms with Crippen LogP contribution in [0.4, 0.5) is 17.1 Å². The maximum Gasteiger partial charge on any atom is 0.137 e. The molecule has 6 aromatic carbocycles. The van der Waals surface area contributed by atoms with Gasteiger partial charge in [-0.15, -0.1) is 0 Å². The number of pyridine rings is 2. The Hall–Kier alpha value is -7.04. The number of aromatic nitrogens is 3. The van der Waals surface area contributed by atoms with Gasteiger partial charge in [-0.1, -0.05) is 139 Å². The maximum atomic E-state index is 4.95. The first-order chi connectivity index (χ1) is 27.0. The fourth-order valence-electron chi connectivity index (χ4n) is 8.01. The lowest BCUT2D eigenvalue weighted by Crippen LogP contribution is -2.13. The van der Waals surface area contributed by atoms with Crippen molar-refractivity contribution in [3.63, 3.8) is 0 Å². The van der Waals surface area contributed by atoms with Crippen LogP contribution < -0.4 is 4.90 Å². The van der Waals surface area contributed by atoms with Gasteiger partial charge in [0.15, 0.2) is 0 Å². The van der Waals surface area contributed by atoms with Gasteiger partial charge in [-0.2, -0.15) is 0 Å². The van der Waals surface area contributed by atoms with Crippen LogP contribution in [0.25, 0.3) is 61.5 Å². The third-order valence-electron chi connectivity index (χ3n) is 10.3. The Morgan fingerprint density at radius 2 is 1.11 bits per heavy atom. The molecule has 0 unspecified atom stereocenters. The fourth-order valence-corrected chi connectivity index (χ4v) is 8.01. The van der Waals surface area contributed by atoms with E-state index in [0.29, 0.717) is 0 Å². The third kappa shape index (κ3) is 6.38. The molecule has 0 atom stereocenters. The molecule has 3 aromatic heterocycles. The van der Waals surface area contributed by atoms with Crippen LogP contribution in [0.1, 0.15) is 16.7 Å². The summed E-state index contributed by atoms with van der Waals surface area (Å²) < 4.78 is 2.33. The van der Waals surface area contributed by atoms with E-state index in [1.165, 1.54) is 22.3 Å². The number of nitrogens with zero attached hydrogens (tertiary/aromatic N) is 4. The van der Waals surface area contributed by atoms with Crippen molar-refractivity contribution in [1.29, 1.82) is 0 Å². The van der Waals surface area contributed by atoms with E-state index in [9.17, 15) is 0 Å². The summed E-state index contributed by atoms with van der Waals surface area (Å²) >= 11 is 0. The second-order valence-electron chi connectivity index (χ2n) is 14.1. The highest BCUT2D eigenvalue weighted by Crippen LogP contribution is 2.46. The number of aryl methyl sites for hydroxylation is 3. The first-order valence-electron chi connectivity index (χ1n) is 18.7. The molecule has 55 heavy (non-hydrogen) atoms. The third-order valence-corrected chi connectivity index (χ3v) is 10.3. The van der Waals surface area contributed by atoms with Crippen LogP contribution in [0.3, 0.4) is 0 Å². The molecule has 0 N–H and O–H groups in total. The van der Waals surface area contributed by atoms with Crippen molar-refractivity contribution in [2.45, 2.75) is 20.8 Å². The van der Waals surface area contributed by atoms with Crippen LogP contribution in [0.15, 0.2) is 188 Å². The van der Waals surface area contributed by atoms with Gasteiger partial charge in [0.05, 0.1) is 22.6 Å². The van der Waals surface area contributed by atoms with Crippen molar-refractivity contribution in [1.82, 2.24) is 14.5 Å². The van der Waals surface area contributed by atoms with Crippen LogP contribution in [-0.2, 0) is 0 Å². The first-order valence-corrected chi connectivity index (χ1v) is 18.7. The van der Waals surface area contributed by atoms with Gasteiger partial charge < -0.3 is 4.90 Å². The molecule has 0 radical (unpaired) electrons. The van der Waals surface area contributed by atoms with Crippen LogP contribution in [0, 0.1) is 20.8 Å². The predicted octanol–water partition coefficient (Wildman–Crippen LogP) is 13.5. The summed E-state index contributed by atoms with van der Waals surface area (Å²) in [5.41, 5.74) is 16.8. The molecule has 264 valence electrons. The monoisotopic (exact) mass is 708 g/mol. The van der Waals surface area contributed by atoms with Crippen molar-refractivity contribution >= 4 is 28.0 Å². The van der Waals surface area contributed by atoms with Crippen molar-refractivity contribution in [3.05, 3.63) is 205 Å². The minimum atomic E-state index is 0.868. The van der Waals surface area contributed by atoms with Crippen molar-refractivity contribution in [3.8, 4) is 50.6 Å². The Balaban J connectivity index is 1.28.